The van der Waals surface area contributed by atoms with Gasteiger partial charge >= 0.3 is 5.97 Å². The summed E-state index contributed by atoms with van der Waals surface area (Å²) in [5.74, 6) is -0.236. The third kappa shape index (κ3) is 5.19. The Kier molecular flexibility index (Phi) is 6.74. The van der Waals surface area contributed by atoms with E-state index in [1.165, 1.54) is 14.0 Å². The van der Waals surface area contributed by atoms with E-state index in [1.54, 1.807) is 42.5 Å². The molecule has 1 atom stereocenters. The van der Waals surface area contributed by atoms with Crippen molar-refractivity contribution in [3.8, 4) is 17.2 Å². The Morgan fingerprint density at radius 2 is 1.80 bits per heavy atom. The number of carbonyl (C=O) groups excluding carboxylic acids is 3. The second-order valence-corrected chi connectivity index (χ2v) is 6.36. The van der Waals surface area contributed by atoms with Gasteiger partial charge in [-0.25, -0.2) is 0 Å². The van der Waals surface area contributed by atoms with Crippen LogP contribution in [0, 0.1) is 0 Å². The second kappa shape index (κ2) is 9.64. The Labute approximate surface area is 173 Å². The van der Waals surface area contributed by atoms with E-state index < -0.39 is 30.4 Å². The van der Waals surface area contributed by atoms with Crippen molar-refractivity contribution in [2.45, 2.75) is 13.0 Å². The molecule has 2 N–H and O–H groups in total. The lowest BCUT2D eigenvalue weighted by molar-refractivity contribution is -0.152. The minimum absolute atomic E-state index is 0.289. The Bertz CT molecular complexity index is 945. The first-order chi connectivity index (χ1) is 14.5. The standard InChI is InChI=1S/C21H22N2O7/c1-13(20(25)23-14-7-8-17-18(11-14)29-10-9-28-17)30-19(24)12-22-21(26)15-5-3-4-6-16(15)27-2/h3-8,11,13H,9-10,12H2,1-2H3,(H,22,26)(H,23,25). The first kappa shape index (κ1) is 21.0. The maximum absolute atomic E-state index is 12.3. The van der Waals surface area contributed by atoms with Crippen LogP contribution >= 0.6 is 0 Å². The summed E-state index contributed by atoms with van der Waals surface area (Å²) in [6.45, 7) is 1.95. The van der Waals surface area contributed by atoms with Crippen LogP contribution in [0.4, 0.5) is 5.69 Å². The van der Waals surface area contributed by atoms with Crippen LogP contribution in [0.25, 0.3) is 0 Å². The lowest BCUT2D eigenvalue weighted by Gasteiger charge is -2.19. The topological polar surface area (TPSA) is 112 Å². The van der Waals surface area contributed by atoms with Crippen molar-refractivity contribution in [2.75, 3.05) is 32.2 Å². The van der Waals surface area contributed by atoms with E-state index in [2.05, 4.69) is 10.6 Å². The first-order valence-electron chi connectivity index (χ1n) is 9.29. The molecule has 0 aromatic heterocycles. The van der Waals surface area contributed by atoms with E-state index >= 15 is 0 Å². The quantitative estimate of drug-likeness (QED) is 0.664. The van der Waals surface area contributed by atoms with Gasteiger partial charge in [-0.15, -0.1) is 0 Å². The zero-order chi connectivity index (χ0) is 21.5. The van der Waals surface area contributed by atoms with Gasteiger partial charge in [0.05, 0.1) is 12.7 Å². The fraction of sp³-hybridized carbons (Fsp3) is 0.286. The number of hydrogen-bond acceptors (Lipinski definition) is 7. The van der Waals surface area contributed by atoms with Gasteiger partial charge in [-0.2, -0.15) is 0 Å². The predicted octanol–water partition coefficient (Wildman–Crippen LogP) is 1.77. The summed E-state index contributed by atoms with van der Waals surface area (Å²) in [7, 11) is 1.45. The second-order valence-electron chi connectivity index (χ2n) is 6.36. The van der Waals surface area contributed by atoms with Gasteiger partial charge in [0.2, 0.25) is 0 Å². The fourth-order valence-corrected chi connectivity index (χ4v) is 2.74. The molecule has 0 radical (unpaired) electrons. The van der Waals surface area contributed by atoms with Crippen molar-refractivity contribution in [2.24, 2.45) is 0 Å². The zero-order valence-electron chi connectivity index (χ0n) is 16.6. The van der Waals surface area contributed by atoms with Gasteiger partial charge in [-0.3, -0.25) is 14.4 Å². The van der Waals surface area contributed by atoms with Crippen molar-refractivity contribution in [1.29, 1.82) is 0 Å². The number of para-hydroxylation sites is 1. The van der Waals surface area contributed by atoms with Gasteiger partial charge < -0.3 is 29.6 Å². The molecule has 0 saturated carbocycles. The van der Waals surface area contributed by atoms with Crippen molar-refractivity contribution in [3.63, 3.8) is 0 Å². The van der Waals surface area contributed by atoms with E-state index in [9.17, 15) is 14.4 Å². The Morgan fingerprint density at radius 1 is 1.07 bits per heavy atom. The van der Waals surface area contributed by atoms with Gasteiger partial charge in [0, 0.05) is 11.8 Å². The number of hydrogen-bond donors (Lipinski definition) is 2. The number of carbonyl (C=O) groups is 3. The van der Waals surface area contributed by atoms with Gasteiger partial charge in [-0.05, 0) is 31.2 Å². The van der Waals surface area contributed by atoms with Gasteiger partial charge in [0.1, 0.15) is 25.5 Å². The summed E-state index contributed by atoms with van der Waals surface area (Å²) >= 11 is 0. The monoisotopic (exact) mass is 414 g/mol. The molecule has 0 fully saturated rings. The molecule has 0 bridgehead atoms. The van der Waals surface area contributed by atoms with Crippen LogP contribution in [0.1, 0.15) is 17.3 Å². The van der Waals surface area contributed by atoms with Crippen molar-refractivity contribution in [3.05, 3.63) is 48.0 Å². The molecule has 9 heteroatoms. The minimum atomic E-state index is -1.06. The highest BCUT2D eigenvalue weighted by atomic mass is 16.6. The molecule has 3 rings (SSSR count). The van der Waals surface area contributed by atoms with Crippen LogP contribution in [0.3, 0.4) is 0 Å². The number of nitrogens with one attached hydrogen (secondary N) is 2. The van der Waals surface area contributed by atoms with E-state index in [0.29, 0.717) is 36.1 Å². The minimum Gasteiger partial charge on any atom is -0.496 e. The number of benzene rings is 2. The molecule has 2 amide bonds. The van der Waals surface area contributed by atoms with Crippen molar-refractivity contribution in [1.82, 2.24) is 5.32 Å². The SMILES string of the molecule is COc1ccccc1C(=O)NCC(=O)OC(C)C(=O)Nc1ccc2c(c1)OCCO2. The van der Waals surface area contributed by atoms with Gasteiger partial charge in [0.25, 0.3) is 11.8 Å². The van der Waals surface area contributed by atoms with E-state index in [1.807, 2.05) is 0 Å². The summed E-state index contributed by atoms with van der Waals surface area (Å²) in [5.41, 5.74) is 0.772. The molecule has 9 nitrogen and oxygen atoms in total. The number of anilines is 1. The van der Waals surface area contributed by atoms with E-state index in [0.717, 1.165) is 0 Å². The Hall–Kier alpha value is -3.75. The lowest BCUT2D eigenvalue weighted by Crippen LogP contribution is -2.36. The highest BCUT2D eigenvalue weighted by Gasteiger charge is 2.20. The van der Waals surface area contributed by atoms with Crippen LogP contribution < -0.4 is 24.8 Å². The van der Waals surface area contributed by atoms with Crippen LogP contribution in [0.2, 0.25) is 0 Å². The molecule has 158 valence electrons. The van der Waals surface area contributed by atoms with Crippen LogP contribution in [-0.4, -0.2) is 50.8 Å². The van der Waals surface area contributed by atoms with Crippen LogP contribution in [-0.2, 0) is 14.3 Å². The third-order valence-electron chi connectivity index (χ3n) is 4.23. The van der Waals surface area contributed by atoms with Gasteiger partial charge in [0.15, 0.2) is 17.6 Å². The molecule has 30 heavy (non-hydrogen) atoms. The number of esters is 1. The average Bonchev–Trinajstić information content (AvgIpc) is 2.77. The number of rotatable bonds is 7. The molecule has 1 aliphatic rings. The van der Waals surface area contributed by atoms with Gasteiger partial charge in [-0.1, -0.05) is 12.1 Å². The molecule has 2 aromatic carbocycles. The molecule has 1 heterocycles. The molecule has 0 saturated heterocycles. The molecule has 1 unspecified atom stereocenters. The average molecular weight is 414 g/mol. The normalized spacial score (nSPS) is 13.0. The van der Waals surface area contributed by atoms with Crippen molar-refractivity contribution < 1.29 is 33.3 Å². The predicted molar refractivity (Wildman–Crippen MR) is 107 cm³/mol. The van der Waals surface area contributed by atoms with E-state index in [-0.39, 0.29) is 5.56 Å². The summed E-state index contributed by atoms with van der Waals surface area (Å²) in [6.07, 6.45) is -1.06. The summed E-state index contributed by atoms with van der Waals surface area (Å²) in [6, 6.07) is 11.6. The van der Waals surface area contributed by atoms with Crippen LogP contribution in [0.5, 0.6) is 17.2 Å². The molecular formula is C21H22N2O7. The third-order valence-corrected chi connectivity index (χ3v) is 4.23. The van der Waals surface area contributed by atoms with E-state index in [4.69, 9.17) is 18.9 Å². The number of fused-ring (bicyclic) bond motifs is 1. The number of ether oxygens (including phenoxy) is 4. The Balaban J connectivity index is 1.49. The largest absolute Gasteiger partial charge is 0.496 e. The highest BCUT2D eigenvalue weighted by Crippen LogP contribution is 2.32. The molecule has 0 aliphatic carbocycles. The Morgan fingerprint density at radius 3 is 2.57 bits per heavy atom. The fourth-order valence-electron chi connectivity index (χ4n) is 2.74. The smallest absolute Gasteiger partial charge is 0.326 e. The summed E-state index contributed by atoms with van der Waals surface area (Å²) in [4.78, 5) is 36.5. The zero-order valence-corrected chi connectivity index (χ0v) is 16.6. The molecular weight excluding hydrogens is 392 g/mol. The molecule has 0 spiro atoms. The first-order valence-corrected chi connectivity index (χ1v) is 9.29. The number of amides is 2. The highest BCUT2D eigenvalue weighted by molar-refractivity contribution is 5.99. The van der Waals surface area contributed by atoms with Crippen molar-refractivity contribution >= 4 is 23.5 Å². The maximum atomic E-state index is 12.3. The lowest BCUT2D eigenvalue weighted by atomic mass is 10.2. The molecule has 2 aromatic rings. The maximum Gasteiger partial charge on any atom is 0.326 e. The summed E-state index contributed by atoms with van der Waals surface area (Å²) < 4.78 is 21.1. The van der Waals surface area contributed by atoms with Crippen LogP contribution in [0.15, 0.2) is 42.5 Å². The molecule has 1 aliphatic heterocycles. The summed E-state index contributed by atoms with van der Waals surface area (Å²) in [5, 5.41) is 5.09. The number of methoxy groups -OCH3 is 1.